The van der Waals surface area contributed by atoms with Crippen molar-refractivity contribution < 1.29 is 15.0 Å². The zero-order chi connectivity index (χ0) is 16.2. The van der Waals surface area contributed by atoms with Crippen LogP contribution in [0.3, 0.4) is 0 Å². The Morgan fingerprint density at radius 1 is 1.00 bits per heavy atom. The number of unbranched alkanes of at least 4 members (excludes halogenated alkanes) is 7. The lowest BCUT2D eigenvalue weighted by Crippen LogP contribution is -2.26. The van der Waals surface area contributed by atoms with E-state index in [0.717, 1.165) is 12.8 Å². The Balaban J connectivity index is 2.07. The van der Waals surface area contributed by atoms with E-state index in [4.69, 9.17) is 0 Å². The molecule has 0 atom stereocenters. The minimum absolute atomic E-state index is 0.0417. The molecule has 1 amide bonds. The summed E-state index contributed by atoms with van der Waals surface area (Å²) in [4.78, 5) is 11.8. The number of hydrogen-bond donors (Lipinski definition) is 3. The van der Waals surface area contributed by atoms with Gasteiger partial charge in [0.2, 0.25) is 5.91 Å². The van der Waals surface area contributed by atoms with Crippen molar-refractivity contribution in [3.63, 3.8) is 0 Å². The van der Waals surface area contributed by atoms with E-state index in [1.165, 1.54) is 56.7 Å². The van der Waals surface area contributed by atoms with Crippen LogP contribution in [0.15, 0.2) is 18.2 Å². The van der Waals surface area contributed by atoms with Crippen LogP contribution in [0.2, 0.25) is 0 Å². The minimum Gasteiger partial charge on any atom is -0.508 e. The molecule has 0 aliphatic rings. The number of rotatable bonds is 11. The van der Waals surface area contributed by atoms with E-state index in [2.05, 4.69) is 12.2 Å². The van der Waals surface area contributed by atoms with Crippen molar-refractivity contribution in [2.75, 3.05) is 6.54 Å². The molecule has 4 heteroatoms. The van der Waals surface area contributed by atoms with Crippen molar-refractivity contribution in [3.8, 4) is 11.5 Å². The molecule has 0 aliphatic heterocycles. The number of aromatic hydroxyl groups is 2. The number of carbonyl (C=O) groups is 1. The average molecular weight is 307 g/mol. The van der Waals surface area contributed by atoms with E-state index in [-0.39, 0.29) is 23.8 Å². The van der Waals surface area contributed by atoms with E-state index < -0.39 is 0 Å². The molecule has 0 unspecified atom stereocenters. The van der Waals surface area contributed by atoms with E-state index >= 15 is 0 Å². The molecule has 0 spiro atoms. The van der Waals surface area contributed by atoms with Gasteiger partial charge in [0.1, 0.15) is 11.5 Å². The van der Waals surface area contributed by atoms with Gasteiger partial charge in [0, 0.05) is 12.1 Å². The fourth-order valence-corrected chi connectivity index (χ4v) is 2.44. The molecule has 3 N–H and O–H groups in total. The van der Waals surface area contributed by atoms with Crippen LogP contribution < -0.4 is 5.32 Å². The number of amides is 1. The third kappa shape index (κ3) is 7.91. The molecule has 0 saturated carbocycles. The van der Waals surface area contributed by atoms with E-state index in [1.807, 2.05) is 0 Å². The van der Waals surface area contributed by atoms with Crippen molar-refractivity contribution in [2.45, 2.75) is 64.7 Å². The third-order valence-electron chi connectivity index (χ3n) is 3.77. The number of phenols is 2. The normalized spacial score (nSPS) is 10.6. The molecule has 0 heterocycles. The summed E-state index contributed by atoms with van der Waals surface area (Å²) in [7, 11) is 0. The molecule has 1 rings (SSSR count). The number of carbonyl (C=O) groups excluding carboxylic acids is 1. The Kier molecular flexibility index (Phi) is 9.12. The van der Waals surface area contributed by atoms with Crippen LogP contribution >= 0.6 is 0 Å². The van der Waals surface area contributed by atoms with Gasteiger partial charge in [-0.05, 0) is 24.6 Å². The quantitative estimate of drug-likeness (QED) is 0.429. The van der Waals surface area contributed by atoms with Crippen molar-refractivity contribution in [3.05, 3.63) is 23.8 Å². The summed E-state index contributed by atoms with van der Waals surface area (Å²) in [6, 6.07) is 4.22. The highest BCUT2D eigenvalue weighted by Gasteiger charge is 2.08. The first-order valence-electron chi connectivity index (χ1n) is 8.41. The van der Waals surface area contributed by atoms with Gasteiger partial charge < -0.3 is 15.5 Å². The zero-order valence-electron chi connectivity index (χ0n) is 13.6. The van der Waals surface area contributed by atoms with Gasteiger partial charge in [0.15, 0.2) is 0 Å². The summed E-state index contributed by atoms with van der Waals surface area (Å²) >= 11 is 0. The van der Waals surface area contributed by atoms with Crippen LogP contribution in [0.4, 0.5) is 0 Å². The highest BCUT2D eigenvalue weighted by atomic mass is 16.3. The van der Waals surface area contributed by atoms with Crippen LogP contribution in [0.5, 0.6) is 11.5 Å². The topological polar surface area (TPSA) is 69.6 Å². The first-order chi connectivity index (χ1) is 10.6. The molecule has 1 aromatic carbocycles. The van der Waals surface area contributed by atoms with Crippen molar-refractivity contribution in [1.82, 2.24) is 5.32 Å². The molecular formula is C18H29NO3. The summed E-state index contributed by atoms with van der Waals surface area (Å²) in [6.45, 7) is 2.90. The van der Waals surface area contributed by atoms with Crippen LogP contribution in [0, 0.1) is 0 Å². The summed E-state index contributed by atoms with van der Waals surface area (Å²) in [6.07, 6.45) is 10.0. The third-order valence-corrected chi connectivity index (χ3v) is 3.77. The Morgan fingerprint density at radius 2 is 1.64 bits per heavy atom. The van der Waals surface area contributed by atoms with Gasteiger partial charge in [-0.3, -0.25) is 4.79 Å². The molecule has 124 valence electrons. The first kappa shape index (κ1) is 18.3. The predicted octanol–water partition coefficient (Wildman–Crippen LogP) is 3.90. The largest absolute Gasteiger partial charge is 0.508 e. The molecule has 0 radical (unpaired) electrons. The molecule has 0 bridgehead atoms. The smallest absolute Gasteiger partial charge is 0.224 e. The molecular weight excluding hydrogens is 278 g/mol. The van der Waals surface area contributed by atoms with Crippen molar-refractivity contribution >= 4 is 5.91 Å². The van der Waals surface area contributed by atoms with Crippen LogP contribution in [0.25, 0.3) is 0 Å². The summed E-state index contributed by atoms with van der Waals surface area (Å²) in [5.41, 5.74) is 0.452. The van der Waals surface area contributed by atoms with Gasteiger partial charge in [-0.2, -0.15) is 0 Å². The van der Waals surface area contributed by atoms with Crippen LogP contribution in [-0.4, -0.2) is 22.7 Å². The van der Waals surface area contributed by atoms with Gasteiger partial charge >= 0.3 is 0 Å². The van der Waals surface area contributed by atoms with Gasteiger partial charge in [-0.1, -0.05) is 51.9 Å². The predicted molar refractivity (Wildman–Crippen MR) is 89.1 cm³/mol. The number of hydrogen-bond acceptors (Lipinski definition) is 3. The molecule has 0 aromatic heterocycles. The zero-order valence-corrected chi connectivity index (χ0v) is 13.6. The Hall–Kier alpha value is -1.71. The van der Waals surface area contributed by atoms with Crippen molar-refractivity contribution in [1.29, 1.82) is 0 Å². The second kappa shape index (κ2) is 10.9. The second-order valence-corrected chi connectivity index (χ2v) is 5.81. The molecule has 1 aromatic rings. The van der Waals surface area contributed by atoms with Crippen LogP contribution in [-0.2, 0) is 11.2 Å². The number of benzene rings is 1. The molecule has 0 saturated heterocycles. The van der Waals surface area contributed by atoms with Crippen molar-refractivity contribution in [2.24, 2.45) is 0 Å². The lowest BCUT2D eigenvalue weighted by Gasteiger charge is -2.07. The maximum atomic E-state index is 11.8. The second-order valence-electron chi connectivity index (χ2n) is 5.81. The highest BCUT2D eigenvalue weighted by molar-refractivity contribution is 5.79. The standard InChI is InChI=1S/C18H29NO3/c1-2-3-4-5-6-7-8-9-12-19-18(22)14-15-13-16(20)10-11-17(15)21/h10-11,13,20-21H,2-9,12,14H2,1H3,(H,19,22). The van der Waals surface area contributed by atoms with Crippen LogP contribution in [0.1, 0.15) is 63.9 Å². The number of phenolic OH excluding ortho intramolecular Hbond substituents is 2. The molecule has 0 fully saturated rings. The van der Waals surface area contributed by atoms with Gasteiger partial charge in [-0.25, -0.2) is 0 Å². The van der Waals surface area contributed by atoms with E-state index in [1.54, 1.807) is 0 Å². The summed E-state index contributed by atoms with van der Waals surface area (Å²) in [5, 5.41) is 21.8. The Bertz CT molecular complexity index is 446. The summed E-state index contributed by atoms with van der Waals surface area (Å²) < 4.78 is 0. The molecule has 22 heavy (non-hydrogen) atoms. The molecule has 4 nitrogen and oxygen atoms in total. The fourth-order valence-electron chi connectivity index (χ4n) is 2.44. The van der Waals surface area contributed by atoms with Gasteiger partial charge in [0.05, 0.1) is 6.42 Å². The lowest BCUT2D eigenvalue weighted by atomic mass is 10.1. The fraction of sp³-hybridized carbons (Fsp3) is 0.611. The van der Waals surface area contributed by atoms with Gasteiger partial charge in [-0.15, -0.1) is 0 Å². The summed E-state index contributed by atoms with van der Waals surface area (Å²) in [5.74, 6) is -0.0208. The monoisotopic (exact) mass is 307 g/mol. The number of nitrogens with one attached hydrogen (secondary N) is 1. The first-order valence-corrected chi connectivity index (χ1v) is 8.41. The SMILES string of the molecule is CCCCCCCCCCNC(=O)Cc1cc(O)ccc1O. The van der Waals surface area contributed by atoms with E-state index in [9.17, 15) is 15.0 Å². The maximum absolute atomic E-state index is 11.8. The molecule has 0 aliphatic carbocycles. The lowest BCUT2D eigenvalue weighted by molar-refractivity contribution is -0.120. The van der Waals surface area contributed by atoms with Gasteiger partial charge in [0.25, 0.3) is 0 Å². The maximum Gasteiger partial charge on any atom is 0.224 e. The average Bonchev–Trinajstić information content (AvgIpc) is 2.49. The Morgan fingerprint density at radius 3 is 2.32 bits per heavy atom. The minimum atomic E-state index is -0.121. The van der Waals surface area contributed by atoms with E-state index in [0.29, 0.717) is 12.1 Å². The highest BCUT2D eigenvalue weighted by Crippen LogP contribution is 2.22. The Labute approximate surface area is 133 Å².